The molecule has 0 radical (unpaired) electrons. The predicted octanol–water partition coefficient (Wildman–Crippen LogP) is 1.42. The number of nitrogens with one attached hydrogen (secondary N) is 1. The van der Waals surface area contributed by atoms with Crippen LogP contribution >= 0.6 is 0 Å². The van der Waals surface area contributed by atoms with Crippen molar-refractivity contribution in [3.8, 4) is 0 Å². The Morgan fingerprint density at radius 3 is 2.38 bits per heavy atom. The fourth-order valence-corrected chi connectivity index (χ4v) is 1.61. The molecule has 1 aliphatic rings. The highest BCUT2D eigenvalue weighted by Crippen LogP contribution is 2.19. The normalized spacial score (nSPS) is 25.8. The van der Waals surface area contributed by atoms with Crippen molar-refractivity contribution in [1.29, 1.82) is 0 Å². The van der Waals surface area contributed by atoms with Crippen LogP contribution in [0.15, 0.2) is 12.2 Å². The van der Waals surface area contributed by atoms with Crippen molar-refractivity contribution in [2.75, 3.05) is 0 Å². The molecule has 0 aromatic heterocycles. The molecule has 0 saturated heterocycles. The summed E-state index contributed by atoms with van der Waals surface area (Å²) < 4.78 is 0. The minimum absolute atomic E-state index is 0.00399. The summed E-state index contributed by atoms with van der Waals surface area (Å²) in [5, 5.41) is 11.7. The average Bonchev–Trinajstić information content (AvgIpc) is 2.64. The number of rotatable bonds is 4. The number of carbonyl (C=O) groups excluding carboxylic acids is 1. The highest BCUT2D eigenvalue weighted by Gasteiger charge is 2.27. The highest BCUT2D eigenvalue weighted by atomic mass is 16.4. The quantitative estimate of drug-likeness (QED) is 0.711. The summed E-state index contributed by atoms with van der Waals surface area (Å²) in [6.07, 6.45) is 3.88. The molecule has 0 aliphatic heterocycles. The van der Waals surface area contributed by atoms with Crippen LogP contribution in [0, 0.1) is 17.8 Å². The van der Waals surface area contributed by atoms with Gasteiger partial charge in [-0.05, 0) is 12.3 Å². The first-order valence-electron chi connectivity index (χ1n) is 5.63. The number of aliphatic carboxylic acids is 1. The summed E-state index contributed by atoms with van der Waals surface area (Å²) in [6.45, 7) is 5.87. The topological polar surface area (TPSA) is 66.4 Å². The van der Waals surface area contributed by atoms with E-state index in [0.29, 0.717) is 12.3 Å². The Morgan fingerprint density at radius 1 is 1.31 bits per heavy atom. The van der Waals surface area contributed by atoms with Crippen molar-refractivity contribution >= 4 is 11.9 Å². The summed E-state index contributed by atoms with van der Waals surface area (Å²) in [5.41, 5.74) is 0. The van der Waals surface area contributed by atoms with Crippen LogP contribution in [0.1, 0.15) is 27.2 Å². The summed E-state index contributed by atoms with van der Waals surface area (Å²) >= 11 is 0. The molecule has 1 amide bonds. The van der Waals surface area contributed by atoms with E-state index in [0.717, 1.165) is 0 Å². The van der Waals surface area contributed by atoms with Gasteiger partial charge in [-0.1, -0.05) is 32.9 Å². The molecule has 3 unspecified atom stereocenters. The molecule has 0 heterocycles. The second-order valence-corrected chi connectivity index (χ2v) is 4.71. The molecule has 2 N–H and O–H groups in total. The van der Waals surface area contributed by atoms with Crippen LogP contribution in [-0.2, 0) is 9.59 Å². The lowest BCUT2D eigenvalue weighted by atomic mass is 9.97. The minimum Gasteiger partial charge on any atom is -0.481 e. The lowest BCUT2D eigenvalue weighted by Crippen LogP contribution is -2.38. The van der Waals surface area contributed by atoms with Crippen molar-refractivity contribution in [2.45, 2.75) is 33.2 Å². The summed E-state index contributed by atoms with van der Waals surface area (Å²) in [6, 6.07) is -0.130. The largest absolute Gasteiger partial charge is 0.481 e. The lowest BCUT2D eigenvalue weighted by Gasteiger charge is -2.18. The number of carbonyl (C=O) groups is 2. The molecule has 0 fully saturated rings. The van der Waals surface area contributed by atoms with Gasteiger partial charge in [0.1, 0.15) is 0 Å². The van der Waals surface area contributed by atoms with E-state index in [1.54, 1.807) is 12.2 Å². The molecular weight excluding hydrogens is 206 g/mol. The Kier molecular flexibility index (Phi) is 4.10. The van der Waals surface area contributed by atoms with Crippen LogP contribution < -0.4 is 5.32 Å². The number of hydrogen-bond donors (Lipinski definition) is 2. The highest BCUT2D eigenvalue weighted by molar-refractivity contribution is 5.79. The molecule has 4 heteroatoms. The van der Waals surface area contributed by atoms with Gasteiger partial charge in [-0.15, -0.1) is 0 Å². The molecule has 0 aromatic carbocycles. The maximum atomic E-state index is 11.7. The Hall–Kier alpha value is -1.32. The van der Waals surface area contributed by atoms with E-state index in [1.807, 2.05) is 20.8 Å². The van der Waals surface area contributed by atoms with Gasteiger partial charge in [-0.25, -0.2) is 0 Å². The molecule has 16 heavy (non-hydrogen) atoms. The molecule has 3 atom stereocenters. The predicted molar refractivity (Wildman–Crippen MR) is 60.8 cm³/mol. The Morgan fingerprint density at radius 2 is 1.94 bits per heavy atom. The van der Waals surface area contributed by atoms with Gasteiger partial charge in [-0.3, -0.25) is 9.59 Å². The first-order valence-corrected chi connectivity index (χ1v) is 5.63. The standard InChI is InChI=1S/C12H19NO3/c1-7(2)8(3)11(14)13-10-5-4-9(6-10)12(15)16/h4-5,7-10H,6H2,1-3H3,(H,13,14)(H,15,16). The minimum atomic E-state index is -0.829. The van der Waals surface area contributed by atoms with Crippen LogP contribution in [0.5, 0.6) is 0 Å². The van der Waals surface area contributed by atoms with Gasteiger partial charge in [0.05, 0.1) is 5.92 Å². The summed E-state index contributed by atoms with van der Waals surface area (Å²) in [5.74, 6) is -1.04. The van der Waals surface area contributed by atoms with Crippen LogP contribution in [-0.4, -0.2) is 23.0 Å². The van der Waals surface area contributed by atoms with Crippen LogP contribution in [0.3, 0.4) is 0 Å². The third-order valence-electron chi connectivity index (χ3n) is 3.14. The van der Waals surface area contributed by atoms with Gasteiger partial charge in [0.15, 0.2) is 0 Å². The Labute approximate surface area is 95.7 Å². The van der Waals surface area contributed by atoms with Gasteiger partial charge < -0.3 is 10.4 Å². The number of carboxylic acid groups (broad SMARTS) is 1. The molecular formula is C12H19NO3. The van der Waals surface area contributed by atoms with Gasteiger partial charge >= 0.3 is 5.97 Å². The van der Waals surface area contributed by atoms with Gasteiger partial charge in [0, 0.05) is 12.0 Å². The molecule has 0 bridgehead atoms. The smallest absolute Gasteiger partial charge is 0.310 e. The summed E-state index contributed by atoms with van der Waals surface area (Å²) in [4.78, 5) is 22.4. The van der Waals surface area contributed by atoms with Gasteiger partial charge in [-0.2, -0.15) is 0 Å². The van der Waals surface area contributed by atoms with E-state index in [1.165, 1.54) is 0 Å². The molecule has 0 spiro atoms. The maximum absolute atomic E-state index is 11.7. The Balaban J connectivity index is 2.44. The van der Waals surface area contributed by atoms with Gasteiger partial charge in [0.2, 0.25) is 5.91 Å². The van der Waals surface area contributed by atoms with Crippen LogP contribution in [0.4, 0.5) is 0 Å². The van der Waals surface area contributed by atoms with Crippen molar-refractivity contribution in [2.24, 2.45) is 17.8 Å². The number of amides is 1. The molecule has 1 aliphatic carbocycles. The zero-order valence-corrected chi connectivity index (χ0v) is 9.93. The Bertz CT molecular complexity index is 309. The third kappa shape index (κ3) is 3.08. The number of hydrogen-bond acceptors (Lipinski definition) is 2. The van der Waals surface area contributed by atoms with Crippen molar-refractivity contribution in [1.82, 2.24) is 5.32 Å². The van der Waals surface area contributed by atoms with Crippen molar-refractivity contribution in [3.05, 3.63) is 12.2 Å². The van der Waals surface area contributed by atoms with E-state index >= 15 is 0 Å². The second-order valence-electron chi connectivity index (χ2n) is 4.71. The van der Waals surface area contributed by atoms with Gasteiger partial charge in [0.25, 0.3) is 0 Å². The van der Waals surface area contributed by atoms with Crippen molar-refractivity contribution in [3.63, 3.8) is 0 Å². The SMILES string of the molecule is CC(C)C(C)C(=O)NC1C=CC(C(=O)O)C1. The maximum Gasteiger partial charge on any atom is 0.310 e. The van der Waals surface area contributed by atoms with E-state index < -0.39 is 11.9 Å². The van der Waals surface area contributed by atoms with E-state index in [9.17, 15) is 9.59 Å². The van der Waals surface area contributed by atoms with Crippen LogP contribution in [0.2, 0.25) is 0 Å². The zero-order valence-electron chi connectivity index (χ0n) is 9.93. The molecule has 90 valence electrons. The lowest BCUT2D eigenvalue weighted by molar-refractivity contribution is -0.140. The molecule has 0 saturated carbocycles. The molecule has 1 rings (SSSR count). The van der Waals surface area contributed by atoms with E-state index in [-0.39, 0.29) is 17.9 Å². The van der Waals surface area contributed by atoms with Crippen LogP contribution in [0.25, 0.3) is 0 Å². The molecule has 0 aromatic rings. The second kappa shape index (κ2) is 5.14. The monoisotopic (exact) mass is 225 g/mol. The first-order chi connectivity index (χ1) is 7.41. The average molecular weight is 225 g/mol. The molecule has 4 nitrogen and oxygen atoms in total. The third-order valence-corrected chi connectivity index (χ3v) is 3.14. The first kappa shape index (κ1) is 12.7. The zero-order chi connectivity index (χ0) is 12.3. The van der Waals surface area contributed by atoms with E-state index in [4.69, 9.17) is 5.11 Å². The summed E-state index contributed by atoms with van der Waals surface area (Å²) in [7, 11) is 0. The fraction of sp³-hybridized carbons (Fsp3) is 0.667. The van der Waals surface area contributed by atoms with Crippen molar-refractivity contribution < 1.29 is 14.7 Å². The fourth-order valence-electron chi connectivity index (χ4n) is 1.61. The number of carboxylic acids is 1. The van der Waals surface area contributed by atoms with E-state index in [2.05, 4.69) is 5.32 Å².